The van der Waals surface area contributed by atoms with Crippen molar-refractivity contribution in [2.45, 2.75) is 13.8 Å². The molecule has 1 rings (SSSR count). The van der Waals surface area contributed by atoms with Gasteiger partial charge >= 0.3 is 0 Å². The van der Waals surface area contributed by atoms with Gasteiger partial charge in [0.15, 0.2) is 11.0 Å². The Morgan fingerprint density at radius 2 is 2.30 bits per heavy atom. The maximum absolute atomic E-state index is 10.8. The molecule has 0 aliphatic heterocycles. The van der Waals surface area contributed by atoms with E-state index in [0.717, 1.165) is 0 Å². The molecule has 0 saturated heterocycles. The van der Waals surface area contributed by atoms with Crippen molar-refractivity contribution in [2.75, 3.05) is 0 Å². The van der Waals surface area contributed by atoms with Crippen molar-refractivity contribution in [3.05, 3.63) is 22.6 Å². The van der Waals surface area contributed by atoms with Gasteiger partial charge in [-0.1, -0.05) is 0 Å². The number of furan rings is 1. The molecule has 54 valence electrons. The molecule has 1 aromatic heterocycles. The second kappa shape index (κ2) is 2.46. The van der Waals surface area contributed by atoms with Crippen LogP contribution in [0.3, 0.4) is 0 Å². The van der Waals surface area contributed by atoms with Crippen LogP contribution in [0.5, 0.6) is 0 Å². The minimum atomic E-state index is -0.0202. The van der Waals surface area contributed by atoms with Gasteiger partial charge in [-0.25, -0.2) is 0 Å². The van der Waals surface area contributed by atoms with E-state index in [-0.39, 0.29) is 11.0 Å². The summed E-state index contributed by atoms with van der Waals surface area (Å²) in [7, 11) is 0. The van der Waals surface area contributed by atoms with E-state index in [1.54, 1.807) is 6.92 Å². The summed E-state index contributed by atoms with van der Waals surface area (Å²) < 4.78 is 4.92. The first-order valence-electron chi connectivity index (χ1n) is 2.88. The quantitative estimate of drug-likeness (QED) is 0.588. The van der Waals surface area contributed by atoms with Crippen LogP contribution < -0.4 is 0 Å². The van der Waals surface area contributed by atoms with Crippen molar-refractivity contribution in [1.29, 1.82) is 0 Å². The molecule has 0 bridgehead atoms. The van der Waals surface area contributed by atoms with E-state index in [0.29, 0.717) is 11.3 Å². The van der Waals surface area contributed by atoms with Crippen molar-refractivity contribution in [2.24, 2.45) is 0 Å². The van der Waals surface area contributed by atoms with Crippen molar-refractivity contribution in [3.8, 4) is 0 Å². The summed E-state index contributed by atoms with van der Waals surface area (Å²) in [5.74, 6) is 0.561. The molecule has 0 unspecified atom stereocenters. The van der Waals surface area contributed by atoms with Crippen molar-refractivity contribution < 1.29 is 9.21 Å². The third-order valence-corrected chi connectivity index (χ3v) is 1.45. The zero-order valence-corrected chi connectivity index (χ0v) is 6.53. The number of halogens is 1. The number of carbonyl (C=O) groups is 1. The highest BCUT2D eigenvalue weighted by molar-refractivity contribution is 6.29. The third-order valence-electron chi connectivity index (χ3n) is 1.27. The molecule has 2 nitrogen and oxygen atoms in total. The Balaban J connectivity index is 3.15. The Morgan fingerprint density at radius 3 is 2.50 bits per heavy atom. The fourth-order valence-electron chi connectivity index (χ4n) is 0.795. The molecule has 1 heterocycles. The zero-order chi connectivity index (χ0) is 7.72. The summed E-state index contributed by atoms with van der Waals surface area (Å²) in [4.78, 5) is 10.8. The lowest BCUT2D eigenvalue weighted by molar-refractivity contribution is 0.101. The molecule has 0 radical (unpaired) electrons. The molecule has 3 heteroatoms. The molecule has 0 fully saturated rings. The molecule has 0 atom stereocenters. The Morgan fingerprint density at radius 1 is 1.70 bits per heavy atom. The Hall–Kier alpha value is -0.760. The van der Waals surface area contributed by atoms with Gasteiger partial charge in [0.05, 0.1) is 5.56 Å². The average Bonchev–Trinajstić information content (AvgIpc) is 2.10. The molecular weight excluding hydrogens is 152 g/mol. The van der Waals surface area contributed by atoms with Crippen molar-refractivity contribution in [3.63, 3.8) is 0 Å². The van der Waals surface area contributed by atoms with Crippen LogP contribution in [0.4, 0.5) is 0 Å². The molecule has 0 aliphatic carbocycles. The highest BCUT2D eigenvalue weighted by Crippen LogP contribution is 2.18. The minimum Gasteiger partial charge on any atom is -0.449 e. The molecule has 0 aliphatic rings. The normalized spacial score (nSPS) is 9.90. The molecule has 0 saturated carbocycles. The molecule has 1 aromatic rings. The maximum atomic E-state index is 10.8. The number of hydrogen-bond donors (Lipinski definition) is 0. The summed E-state index contributed by atoms with van der Waals surface area (Å²) in [6, 6.07) is 1.53. The van der Waals surface area contributed by atoms with Crippen LogP contribution in [0, 0.1) is 6.92 Å². The van der Waals surface area contributed by atoms with E-state index in [1.165, 1.54) is 13.0 Å². The first kappa shape index (κ1) is 7.35. The molecule has 0 amide bonds. The molecular formula is C7H7ClO2. The fourth-order valence-corrected chi connectivity index (χ4v) is 1.02. The summed E-state index contributed by atoms with van der Waals surface area (Å²) in [5, 5.41) is 0.266. The van der Waals surface area contributed by atoms with Gasteiger partial charge in [0.25, 0.3) is 0 Å². The number of carbonyl (C=O) groups excluding carboxylic acids is 1. The summed E-state index contributed by atoms with van der Waals surface area (Å²) >= 11 is 5.49. The van der Waals surface area contributed by atoms with Gasteiger partial charge in [-0.15, -0.1) is 0 Å². The summed E-state index contributed by atoms with van der Waals surface area (Å²) in [6.07, 6.45) is 0. The predicted octanol–water partition coefficient (Wildman–Crippen LogP) is 2.44. The number of rotatable bonds is 1. The van der Waals surface area contributed by atoms with E-state index in [1.807, 2.05) is 0 Å². The van der Waals surface area contributed by atoms with Crippen LogP contribution in [0.2, 0.25) is 5.22 Å². The van der Waals surface area contributed by atoms with Crippen molar-refractivity contribution >= 4 is 17.4 Å². The van der Waals surface area contributed by atoms with E-state index < -0.39 is 0 Å². The van der Waals surface area contributed by atoms with Gasteiger partial charge in [-0.2, -0.15) is 0 Å². The second-order valence-corrected chi connectivity index (χ2v) is 2.45. The lowest BCUT2D eigenvalue weighted by Crippen LogP contribution is -1.89. The van der Waals surface area contributed by atoms with E-state index in [9.17, 15) is 4.79 Å². The van der Waals surface area contributed by atoms with Crippen LogP contribution in [0.25, 0.3) is 0 Å². The Labute approximate surface area is 63.8 Å². The van der Waals surface area contributed by atoms with Gasteiger partial charge in [0.2, 0.25) is 0 Å². The number of aryl methyl sites for hydroxylation is 1. The molecule has 0 N–H and O–H groups in total. The minimum absolute atomic E-state index is 0.0202. The van der Waals surface area contributed by atoms with Gasteiger partial charge in [0.1, 0.15) is 5.76 Å². The van der Waals surface area contributed by atoms with Gasteiger partial charge < -0.3 is 4.42 Å². The summed E-state index contributed by atoms with van der Waals surface area (Å²) in [5.41, 5.74) is 0.560. The van der Waals surface area contributed by atoms with Crippen LogP contribution in [-0.4, -0.2) is 5.78 Å². The Kier molecular flexibility index (Phi) is 1.81. The smallest absolute Gasteiger partial charge is 0.194 e. The topological polar surface area (TPSA) is 30.2 Å². The number of ketones is 1. The van der Waals surface area contributed by atoms with Gasteiger partial charge in [0, 0.05) is 6.07 Å². The predicted molar refractivity (Wildman–Crippen MR) is 38.5 cm³/mol. The van der Waals surface area contributed by atoms with E-state index in [2.05, 4.69) is 0 Å². The monoisotopic (exact) mass is 158 g/mol. The van der Waals surface area contributed by atoms with E-state index in [4.69, 9.17) is 16.0 Å². The first-order chi connectivity index (χ1) is 4.61. The number of hydrogen-bond acceptors (Lipinski definition) is 2. The third kappa shape index (κ3) is 1.21. The Bertz CT molecular complexity index is 263. The van der Waals surface area contributed by atoms with Crippen LogP contribution in [0.15, 0.2) is 10.5 Å². The lowest BCUT2D eigenvalue weighted by Gasteiger charge is -1.86. The molecule has 0 aromatic carbocycles. The lowest BCUT2D eigenvalue weighted by atomic mass is 10.2. The highest BCUT2D eigenvalue weighted by Gasteiger charge is 2.08. The highest BCUT2D eigenvalue weighted by atomic mass is 35.5. The van der Waals surface area contributed by atoms with E-state index >= 15 is 0 Å². The van der Waals surface area contributed by atoms with Gasteiger partial charge in [-0.3, -0.25) is 4.79 Å². The van der Waals surface area contributed by atoms with Gasteiger partial charge in [-0.05, 0) is 25.4 Å². The number of Topliss-reactive ketones (excluding diaryl/α,β-unsaturated/α-hetero) is 1. The maximum Gasteiger partial charge on any atom is 0.194 e. The van der Waals surface area contributed by atoms with Crippen LogP contribution in [0.1, 0.15) is 23.0 Å². The SMILES string of the molecule is CC(=O)c1cc(Cl)oc1C. The van der Waals surface area contributed by atoms with Crippen LogP contribution in [-0.2, 0) is 0 Å². The standard InChI is InChI=1S/C7H7ClO2/c1-4(9)6-3-7(8)10-5(6)2/h3H,1-2H3. The fraction of sp³-hybridized carbons (Fsp3) is 0.286. The largest absolute Gasteiger partial charge is 0.449 e. The average molecular weight is 159 g/mol. The molecule has 0 spiro atoms. The van der Waals surface area contributed by atoms with Crippen LogP contribution >= 0.6 is 11.6 Å². The molecule has 10 heavy (non-hydrogen) atoms. The first-order valence-corrected chi connectivity index (χ1v) is 3.26. The summed E-state index contributed by atoms with van der Waals surface area (Å²) in [6.45, 7) is 3.19. The van der Waals surface area contributed by atoms with Crippen molar-refractivity contribution in [1.82, 2.24) is 0 Å². The zero-order valence-electron chi connectivity index (χ0n) is 5.77. The second-order valence-electron chi connectivity index (χ2n) is 2.08.